The lowest BCUT2D eigenvalue weighted by atomic mass is 9.97. The molecule has 5 heteroatoms. The molecule has 0 saturated heterocycles. The van der Waals surface area contributed by atoms with Crippen molar-refractivity contribution in [2.24, 2.45) is 5.41 Å². The summed E-state index contributed by atoms with van der Waals surface area (Å²) in [6.07, 6.45) is 1.55. The first-order chi connectivity index (χ1) is 7.29. The van der Waals surface area contributed by atoms with E-state index in [1.165, 1.54) is 0 Å². The Hall–Kier alpha value is -0.610. The zero-order valence-corrected chi connectivity index (χ0v) is 11.8. The van der Waals surface area contributed by atoms with Crippen LogP contribution >= 0.6 is 27.5 Å². The van der Waals surface area contributed by atoms with Gasteiger partial charge >= 0.3 is 0 Å². The number of hydrogen-bond donors (Lipinski definition) is 1. The molecule has 1 aromatic heterocycles. The third-order valence-electron chi connectivity index (χ3n) is 1.80. The van der Waals surface area contributed by atoms with E-state index in [0.717, 1.165) is 4.47 Å². The van der Waals surface area contributed by atoms with E-state index in [0.29, 0.717) is 11.6 Å². The summed E-state index contributed by atoms with van der Waals surface area (Å²) in [5, 5.41) is 3.15. The van der Waals surface area contributed by atoms with E-state index < -0.39 is 0 Å². The van der Waals surface area contributed by atoms with Gasteiger partial charge in [-0.3, -0.25) is 4.79 Å². The van der Waals surface area contributed by atoms with Gasteiger partial charge in [-0.2, -0.15) is 0 Å². The van der Waals surface area contributed by atoms with E-state index in [1.54, 1.807) is 12.3 Å². The first-order valence-corrected chi connectivity index (χ1v) is 6.06. The van der Waals surface area contributed by atoms with Gasteiger partial charge in [0.15, 0.2) is 0 Å². The van der Waals surface area contributed by atoms with Crippen LogP contribution in [0.25, 0.3) is 0 Å². The second-order valence-electron chi connectivity index (χ2n) is 4.73. The van der Waals surface area contributed by atoms with Gasteiger partial charge < -0.3 is 5.32 Å². The number of nitrogens with zero attached hydrogens (tertiary/aromatic N) is 1. The maximum Gasteiger partial charge on any atom is 0.271 e. The van der Waals surface area contributed by atoms with Gasteiger partial charge in [-0.15, -0.1) is 0 Å². The van der Waals surface area contributed by atoms with Crippen LogP contribution < -0.4 is 5.32 Å². The van der Waals surface area contributed by atoms with Crippen molar-refractivity contribution in [3.05, 3.63) is 27.5 Å². The molecule has 0 atom stereocenters. The zero-order chi connectivity index (χ0) is 12.3. The number of halogens is 2. The van der Waals surface area contributed by atoms with Gasteiger partial charge in [-0.25, -0.2) is 4.98 Å². The molecule has 16 heavy (non-hydrogen) atoms. The van der Waals surface area contributed by atoms with Gasteiger partial charge in [0.1, 0.15) is 5.69 Å². The summed E-state index contributed by atoms with van der Waals surface area (Å²) in [4.78, 5) is 15.7. The van der Waals surface area contributed by atoms with Crippen LogP contribution in [0, 0.1) is 5.41 Å². The molecule has 0 aromatic carbocycles. The summed E-state index contributed by atoms with van der Waals surface area (Å²) >= 11 is 9.16. The maximum absolute atomic E-state index is 11.8. The third-order valence-corrected chi connectivity index (χ3v) is 2.52. The Balaban J connectivity index is 2.74. The van der Waals surface area contributed by atoms with Crippen molar-refractivity contribution < 1.29 is 4.79 Å². The fourth-order valence-electron chi connectivity index (χ4n) is 1.01. The number of rotatable bonds is 2. The van der Waals surface area contributed by atoms with Crippen LogP contribution in [0.15, 0.2) is 16.7 Å². The minimum absolute atomic E-state index is 0.0392. The standard InChI is InChI=1S/C11H14BrClN2O/c1-11(2,3)6-15-10(16)9-8(13)4-7(12)5-14-9/h4-5H,6H2,1-3H3,(H,15,16). The van der Waals surface area contributed by atoms with Crippen molar-refractivity contribution in [2.75, 3.05) is 6.54 Å². The summed E-state index contributed by atoms with van der Waals surface area (Å²) in [7, 11) is 0. The van der Waals surface area contributed by atoms with Crippen molar-refractivity contribution in [1.82, 2.24) is 10.3 Å². The number of carbonyl (C=O) groups is 1. The molecule has 1 heterocycles. The Kier molecular flexibility index (Phi) is 4.33. The quantitative estimate of drug-likeness (QED) is 0.911. The Morgan fingerprint density at radius 3 is 2.69 bits per heavy atom. The SMILES string of the molecule is CC(C)(C)CNC(=O)c1ncc(Br)cc1Cl. The summed E-state index contributed by atoms with van der Waals surface area (Å²) in [6.45, 7) is 6.72. The highest BCUT2D eigenvalue weighted by molar-refractivity contribution is 9.10. The molecule has 0 fully saturated rings. The van der Waals surface area contributed by atoms with Crippen molar-refractivity contribution in [1.29, 1.82) is 0 Å². The molecule has 0 aliphatic rings. The fourth-order valence-corrected chi connectivity index (χ4v) is 1.73. The Morgan fingerprint density at radius 2 is 2.19 bits per heavy atom. The van der Waals surface area contributed by atoms with E-state index in [1.807, 2.05) is 20.8 Å². The van der Waals surface area contributed by atoms with Crippen molar-refractivity contribution in [2.45, 2.75) is 20.8 Å². The highest BCUT2D eigenvalue weighted by Gasteiger charge is 2.16. The number of amides is 1. The van der Waals surface area contributed by atoms with Gasteiger partial charge in [0.05, 0.1) is 5.02 Å². The number of aromatic nitrogens is 1. The normalized spacial score (nSPS) is 11.3. The van der Waals surface area contributed by atoms with Crippen LogP contribution in [0.3, 0.4) is 0 Å². The number of carbonyl (C=O) groups excluding carboxylic acids is 1. The first-order valence-electron chi connectivity index (χ1n) is 4.89. The lowest BCUT2D eigenvalue weighted by Crippen LogP contribution is -2.32. The molecule has 1 N–H and O–H groups in total. The molecule has 3 nitrogen and oxygen atoms in total. The lowest BCUT2D eigenvalue weighted by Gasteiger charge is -2.18. The topological polar surface area (TPSA) is 42.0 Å². The van der Waals surface area contributed by atoms with Gasteiger partial charge in [0, 0.05) is 17.2 Å². The Morgan fingerprint density at radius 1 is 1.56 bits per heavy atom. The van der Waals surface area contributed by atoms with E-state index >= 15 is 0 Å². The molecule has 1 aromatic rings. The minimum Gasteiger partial charge on any atom is -0.350 e. The number of pyridine rings is 1. The van der Waals surface area contributed by atoms with E-state index in [4.69, 9.17) is 11.6 Å². The van der Waals surface area contributed by atoms with E-state index in [9.17, 15) is 4.79 Å². The molecular formula is C11H14BrClN2O. The molecule has 0 aliphatic heterocycles. The highest BCUT2D eigenvalue weighted by Crippen LogP contribution is 2.19. The molecular weight excluding hydrogens is 291 g/mol. The number of hydrogen-bond acceptors (Lipinski definition) is 2. The Labute approximate surface area is 109 Å². The molecule has 1 rings (SSSR count). The minimum atomic E-state index is -0.243. The summed E-state index contributed by atoms with van der Waals surface area (Å²) in [6, 6.07) is 1.65. The predicted molar refractivity (Wildman–Crippen MR) is 68.7 cm³/mol. The van der Waals surface area contributed by atoms with E-state index in [-0.39, 0.29) is 17.0 Å². The monoisotopic (exact) mass is 304 g/mol. The van der Waals surface area contributed by atoms with Crippen molar-refractivity contribution >= 4 is 33.4 Å². The molecule has 0 spiro atoms. The summed E-state index contributed by atoms with van der Waals surface area (Å²) in [5.74, 6) is -0.243. The molecule has 0 saturated carbocycles. The van der Waals surface area contributed by atoms with Crippen molar-refractivity contribution in [3.8, 4) is 0 Å². The van der Waals surface area contributed by atoms with Gasteiger partial charge in [0.25, 0.3) is 5.91 Å². The van der Waals surface area contributed by atoms with Crippen LogP contribution in [0.4, 0.5) is 0 Å². The molecule has 0 unspecified atom stereocenters. The molecule has 0 radical (unpaired) electrons. The van der Waals surface area contributed by atoms with Gasteiger partial charge in [-0.1, -0.05) is 32.4 Å². The van der Waals surface area contributed by atoms with Crippen LogP contribution in [0.1, 0.15) is 31.3 Å². The predicted octanol–water partition coefficient (Wildman–Crippen LogP) is 3.27. The van der Waals surface area contributed by atoms with Gasteiger partial charge in [0.2, 0.25) is 0 Å². The molecule has 0 aliphatic carbocycles. The fraction of sp³-hybridized carbons (Fsp3) is 0.455. The Bertz CT molecular complexity index is 401. The van der Waals surface area contributed by atoms with Crippen LogP contribution in [0.5, 0.6) is 0 Å². The van der Waals surface area contributed by atoms with Crippen LogP contribution in [-0.4, -0.2) is 17.4 Å². The smallest absolute Gasteiger partial charge is 0.271 e. The van der Waals surface area contributed by atoms with Crippen LogP contribution in [0.2, 0.25) is 5.02 Å². The summed E-state index contributed by atoms with van der Waals surface area (Å²) < 4.78 is 0.755. The largest absolute Gasteiger partial charge is 0.350 e. The highest BCUT2D eigenvalue weighted by atomic mass is 79.9. The maximum atomic E-state index is 11.8. The van der Waals surface area contributed by atoms with Crippen molar-refractivity contribution in [3.63, 3.8) is 0 Å². The number of nitrogens with one attached hydrogen (secondary N) is 1. The molecule has 1 amide bonds. The third kappa shape index (κ3) is 4.10. The first kappa shape index (κ1) is 13.5. The molecule has 88 valence electrons. The summed E-state index contributed by atoms with van der Waals surface area (Å²) in [5.41, 5.74) is 0.298. The zero-order valence-electron chi connectivity index (χ0n) is 9.47. The second-order valence-corrected chi connectivity index (χ2v) is 6.05. The van der Waals surface area contributed by atoms with Gasteiger partial charge in [-0.05, 0) is 27.4 Å². The molecule has 0 bridgehead atoms. The van der Waals surface area contributed by atoms with Crippen LogP contribution in [-0.2, 0) is 0 Å². The average Bonchev–Trinajstić information content (AvgIpc) is 2.13. The average molecular weight is 306 g/mol. The van der Waals surface area contributed by atoms with E-state index in [2.05, 4.69) is 26.2 Å². The second kappa shape index (κ2) is 5.15. The lowest BCUT2D eigenvalue weighted by molar-refractivity contribution is 0.0934.